The van der Waals surface area contributed by atoms with Gasteiger partial charge in [-0.3, -0.25) is 4.79 Å². The molecule has 0 radical (unpaired) electrons. The van der Waals surface area contributed by atoms with Crippen molar-refractivity contribution in [1.82, 2.24) is 14.9 Å². The van der Waals surface area contributed by atoms with E-state index in [0.29, 0.717) is 6.04 Å². The molecular formula is C13H21N3O. The molecule has 2 unspecified atom stereocenters. The molecular weight excluding hydrogens is 214 g/mol. The number of hydrogen-bond acceptors (Lipinski definition) is 2. The predicted molar refractivity (Wildman–Crippen MR) is 66.5 cm³/mol. The molecule has 1 aromatic rings. The molecule has 0 bridgehead atoms. The van der Waals surface area contributed by atoms with Crippen molar-refractivity contribution in [2.24, 2.45) is 5.41 Å². The van der Waals surface area contributed by atoms with Gasteiger partial charge in [-0.15, -0.1) is 0 Å². The Morgan fingerprint density at radius 3 is 2.76 bits per heavy atom. The number of nitrogens with zero attached hydrogens (tertiary/aromatic N) is 2. The molecule has 1 fully saturated rings. The van der Waals surface area contributed by atoms with Crippen molar-refractivity contribution < 1.29 is 4.79 Å². The molecule has 1 amide bonds. The summed E-state index contributed by atoms with van der Waals surface area (Å²) in [5.41, 5.74) is -0.317. The highest BCUT2D eigenvalue weighted by atomic mass is 16.2. The smallest absolute Gasteiger partial charge is 0.225 e. The number of aromatic nitrogens is 2. The summed E-state index contributed by atoms with van der Waals surface area (Å²) in [6.07, 6.45) is 8.95. The molecule has 4 heteroatoms. The Balaban J connectivity index is 2.04. The quantitative estimate of drug-likeness (QED) is 0.853. The molecule has 17 heavy (non-hydrogen) atoms. The van der Waals surface area contributed by atoms with Gasteiger partial charge >= 0.3 is 0 Å². The summed E-state index contributed by atoms with van der Waals surface area (Å²) in [7, 11) is 0. The molecule has 4 nitrogen and oxygen atoms in total. The van der Waals surface area contributed by atoms with Crippen LogP contribution < -0.4 is 5.32 Å². The van der Waals surface area contributed by atoms with Crippen molar-refractivity contribution in [3.8, 4) is 0 Å². The van der Waals surface area contributed by atoms with Crippen molar-refractivity contribution in [3.63, 3.8) is 0 Å². The van der Waals surface area contributed by atoms with Crippen LogP contribution >= 0.6 is 0 Å². The fourth-order valence-electron chi connectivity index (χ4n) is 2.32. The van der Waals surface area contributed by atoms with E-state index in [1.165, 1.54) is 0 Å². The molecule has 0 spiro atoms. The van der Waals surface area contributed by atoms with Crippen LogP contribution in [0.25, 0.3) is 0 Å². The third kappa shape index (κ3) is 2.68. The van der Waals surface area contributed by atoms with Crippen LogP contribution in [0.5, 0.6) is 0 Å². The van der Waals surface area contributed by atoms with Gasteiger partial charge in [0.25, 0.3) is 0 Å². The first kappa shape index (κ1) is 12.1. The van der Waals surface area contributed by atoms with Gasteiger partial charge in [-0.05, 0) is 19.3 Å². The minimum absolute atomic E-state index is 0.134. The highest BCUT2D eigenvalue weighted by Crippen LogP contribution is 2.30. The highest BCUT2D eigenvalue weighted by molar-refractivity contribution is 5.81. The summed E-state index contributed by atoms with van der Waals surface area (Å²) in [4.78, 5) is 16.1. The minimum Gasteiger partial charge on any atom is -0.351 e. The molecule has 2 atom stereocenters. The van der Waals surface area contributed by atoms with Crippen molar-refractivity contribution in [2.45, 2.75) is 52.1 Å². The lowest BCUT2D eigenvalue weighted by Crippen LogP contribution is -2.43. The lowest BCUT2D eigenvalue weighted by Gasteiger charge is -2.26. The van der Waals surface area contributed by atoms with E-state index in [0.717, 1.165) is 19.3 Å². The summed E-state index contributed by atoms with van der Waals surface area (Å²) < 4.78 is 2.11. The molecule has 0 aliphatic heterocycles. The van der Waals surface area contributed by atoms with Crippen LogP contribution in [0.15, 0.2) is 18.7 Å². The van der Waals surface area contributed by atoms with Gasteiger partial charge < -0.3 is 9.88 Å². The lowest BCUT2D eigenvalue weighted by molar-refractivity contribution is -0.129. The van der Waals surface area contributed by atoms with Crippen LogP contribution in [0.3, 0.4) is 0 Å². The standard InChI is InChI=1S/C13H21N3O/c1-13(2,3)12(17)15-10-5-4-6-11(10)16-8-7-14-9-16/h7-11H,4-6H2,1-3H3,(H,15,17). The first-order chi connectivity index (χ1) is 7.98. The van der Waals surface area contributed by atoms with E-state index in [-0.39, 0.29) is 17.4 Å². The average molecular weight is 235 g/mol. The van der Waals surface area contributed by atoms with Crippen molar-refractivity contribution in [2.75, 3.05) is 0 Å². The molecule has 94 valence electrons. The van der Waals surface area contributed by atoms with Gasteiger partial charge in [0.05, 0.1) is 12.4 Å². The monoisotopic (exact) mass is 235 g/mol. The zero-order chi connectivity index (χ0) is 12.5. The maximum atomic E-state index is 12.0. The molecule has 1 aromatic heterocycles. The van der Waals surface area contributed by atoms with Gasteiger partial charge in [0.1, 0.15) is 0 Å². The molecule has 1 N–H and O–H groups in total. The molecule has 1 aliphatic carbocycles. The van der Waals surface area contributed by atoms with E-state index in [2.05, 4.69) is 14.9 Å². The Morgan fingerprint density at radius 2 is 2.18 bits per heavy atom. The van der Waals surface area contributed by atoms with Crippen molar-refractivity contribution >= 4 is 5.91 Å². The number of carbonyl (C=O) groups is 1. The third-order valence-corrected chi connectivity index (χ3v) is 3.38. The van der Waals surface area contributed by atoms with Crippen LogP contribution in [-0.2, 0) is 4.79 Å². The normalized spacial score (nSPS) is 24.9. The summed E-state index contributed by atoms with van der Waals surface area (Å²) in [5, 5.41) is 3.17. The van der Waals surface area contributed by atoms with Gasteiger partial charge in [0.2, 0.25) is 5.91 Å². The van der Waals surface area contributed by atoms with Crippen LogP contribution in [-0.4, -0.2) is 21.5 Å². The topological polar surface area (TPSA) is 46.9 Å². The summed E-state index contributed by atoms with van der Waals surface area (Å²) in [5.74, 6) is 0.134. The molecule has 1 saturated carbocycles. The summed E-state index contributed by atoms with van der Waals surface area (Å²) >= 11 is 0. The second-order valence-corrected chi connectivity index (χ2v) is 5.84. The van der Waals surface area contributed by atoms with Crippen LogP contribution in [0.1, 0.15) is 46.1 Å². The SMILES string of the molecule is CC(C)(C)C(=O)NC1CCCC1n1ccnc1. The third-order valence-electron chi connectivity index (χ3n) is 3.38. The van der Waals surface area contributed by atoms with Crippen LogP contribution in [0.2, 0.25) is 0 Å². The summed E-state index contributed by atoms with van der Waals surface area (Å²) in [6.45, 7) is 5.84. The summed E-state index contributed by atoms with van der Waals surface area (Å²) in [6, 6.07) is 0.611. The number of rotatable bonds is 2. The Bertz CT molecular complexity index is 378. The molecule has 1 heterocycles. The van der Waals surface area contributed by atoms with E-state index >= 15 is 0 Å². The van der Waals surface area contributed by atoms with E-state index in [1.54, 1.807) is 6.20 Å². The van der Waals surface area contributed by atoms with Crippen LogP contribution in [0, 0.1) is 5.41 Å². The Kier molecular flexibility index (Phi) is 3.22. The number of amides is 1. The van der Waals surface area contributed by atoms with Gasteiger partial charge in [-0.1, -0.05) is 20.8 Å². The average Bonchev–Trinajstić information content (AvgIpc) is 2.83. The van der Waals surface area contributed by atoms with E-state index < -0.39 is 0 Å². The van der Waals surface area contributed by atoms with Crippen molar-refractivity contribution in [1.29, 1.82) is 0 Å². The Hall–Kier alpha value is -1.32. The maximum Gasteiger partial charge on any atom is 0.225 e. The molecule has 0 saturated heterocycles. The largest absolute Gasteiger partial charge is 0.351 e. The first-order valence-electron chi connectivity index (χ1n) is 6.27. The molecule has 2 rings (SSSR count). The van der Waals surface area contributed by atoms with E-state index in [9.17, 15) is 4.79 Å². The second-order valence-electron chi connectivity index (χ2n) is 5.84. The lowest BCUT2D eigenvalue weighted by atomic mass is 9.95. The maximum absolute atomic E-state index is 12.0. The van der Waals surface area contributed by atoms with Gasteiger partial charge in [0, 0.05) is 23.9 Å². The van der Waals surface area contributed by atoms with Gasteiger partial charge in [-0.25, -0.2) is 4.98 Å². The zero-order valence-corrected chi connectivity index (χ0v) is 10.8. The number of hydrogen-bond donors (Lipinski definition) is 1. The highest BCUT2D eigenvalue weighted by Gasteiger charge is 2.32. The fraction of sp³-hybridized carbons (Fsp3) is 0.692. The fourth-order valence-corrected chi connectivity index (χ4v) is 2.32. The number of nitrogens with one attached hydrogen (secondary N) is 1. The molecule has 0 aromatic carbocycles. The van der Waals surface area contributed by atoms with Gasteiger partial charge in [0.15, 0.2) is 0 Å². The minimum atomic E-state index is -0.317. The number of carbonyl (C=O) groups excluding carboxylic acids is 1. The van der Waals surface area contributed by atoms with E-state index in [4.69, 9.17) is 0 Å². The second kappa shape index (κ2) is 4.51. The number of imidazole rings is 1. The van der Waals surface area contributed by atoms with Crippen molar-refractivity contribution in [3.05, 3.63) is 18.7 Å². The predicted octanol–water partition coefficient (Wildman–Crippen LogP) is 2.14. The Labute approximate surface area is 102 Å². The molecule has 1 aliphatic rings. The van der Waals surface area contributed by atoms with Gasteiger partial charge in [-0.2, -0.15) is 0 Å². The zero-order valence-electron chi connectivity index (χ0n) is 10.8. The van der Waals surface area contributed by atoms with Crippen LogP contribution in [0.4, 0.5) is 0 Å². The first-order valence-corrected chi connectivity index (χ1v) is 6.27. The van der Waals surface area contributed by atoms with E-state index in [1.807, 2.05) is 33.3 Å². The Morgan fingerprint density at radius 1 is 1.41 bits per heavy atom.